The minimum absolute atomic E-state index is 0.00269. The Morgan fingerprint density at radius 2 is 0.843 bits per heavy atom. The van der Waals surface area contributed by atoms with E-state index in [-0.39, 0.29) is 29.2 Å². The minimum atomic E-state index is -2.16. The van der Waals surface area contributed by atoms with Crippen LogP contribution in [0.4, 0.5) is 11.6 Å². The van der Waals surface area contributed by atoms with Crippen LogP contribution < -0.4 is 64.5 Å². The SMILES string of the molecule is CNC(=O)[C@H](CCC(=O)NC[C@H](O)[C@@H](O)[C@H](O)[C@H](O)CO)NC(=O)[C@H](CCC(=O)NC[C@H](O)[C@@H](O)[C@H](O)[C@H](O)CO)NC(=O)[C@H](CCC(=O)O)NC(=O)[C@H](CCC(=O)NC[C@H](O)[C@@H](O)[C@H](O)[C@H](O)CO)NC(=O)CC[C@H](NC(=O)c1ccc(NCc2cnc3nc(N)[nH]c(=O)c3n2)cc1)C(=O)O. The lowest BCUT2D eigenvalue weighted by Crippen LogP contribution is -2.58. The Bertz CT molecular complexity index is 3340. The summed E-state index contributed by atoms with van der Waals surface area (Å²) >= 11 is 0. The number of aliphatic hydroxyl groups is 15. The predicted molar refractivity (Wildman–Crippen MR) is 343 cm³/mol. The van der Waals surface area contributed by atoms with Gasteiger partial charge in [0.15, 0.2) is 11.2 Å². The Morgan fingerprint density at radius 1 is 0.471 bits per heavy atom. The average Bonchev–Trinajstić information content (AvgIpc) is 0.813. The number of carbonyl (C=O) groups excluding carboxylic acids is 9. The van der Waals surface area contributed by atoms with Crippen molar-refractivity contribution in [3.05, 3.63) is 52.1 Å². The first-order valence-corrected chi connectivity index (χ1v) is 31.4. The lowest BCUT2D eigenvalue weighted by Gasteiger charge is -2.27. The topological polar surface area (TPSA) is 750 Å². The number of hydrogen-bond acceptors (Lipinski definition) is 32. The molecule has 9 amide bonds. The summed E-state index contributed by atoms with van der Waals surface area (Å²) in [5.74, 6) is -13.7. The van der Waals surface area contributed by atoms with Crippen LogP contribution in [-0.2, 0) is 54.5 Å². The number of nitrogen functional groups attached to an aromatic ring is 1. The maximum atomic E-state index is 14.4. The summed E-state index contributed by atoms with van der Waals surface area (Å²) in [6.45, 7) is -5.55. The number of rotatable bonds is 47. The molecule has 44 heteroatoms. The number of H-pyrrole nitrogens is 1. The number of carboxylic acid groups (broad SMARTS) is 2. The molecule has 0 spiro atoms. The number of aromatic amines is 1. The maximum absolute atomic E-state index is 14.4. The van der Waals surface area contributed by atoms with Gasteiger partial charge in [0, 0.05) is 70.0 Å². The number of nitrogens with zero attached hydrogens (tertiary/aromatic N) is 3. The molecule has 3 aromatic rings. The summed E-state index contributed by atoms with van der Waals surface area (Å²) in [5, 5.41) is 191. The highest BCUT2D eigenvalue weighted by Gasteiger charge is 2.36. The lowest BCUT2D eigenvalue weighted by atomic mass is 10.0. The lowest BCUT2D eigenvalue weighted by molar-refractivity contribution is -0.140. The average molecular weight is 1460 g/mol. The molecule has 44 nitrogen and oxygen atoms in total. The molecule has 0 radical (unpaired) electrons. The molecule has 0 aliphatic heterocycles. The van der Waals surface area contributed by atoms with E-state index in [1.165, 1.54) is 30.5 Å². The molecule has 102 heavy (non-hydrogen) atoms. The van der Waals surface area contributed by atoms with E-state index in [0.717, 1.165) is 7.05 Å². The van der Waals surface area contributed by atoms with Gasteiger partial charge in [-0.1, -0.05) is 0 Å². The van der Waals surface area contributed by atoms with Gasteiger partial charge >= 0.3 is 11.9 Å². The number of carbonyl (C=O) groups is 11. The standard InChI is InChI=1S/C58H89N15O29/c1-60-52(96)27(6-11-38(83)62-18-32(77)44(89)47(92)35(80)21-74)68-54(98)29(8-13-40(85)64-20-34(79)46(91)49(94)37(82)23-76)69-55(99)30(10-15-42(87)88)70-53(97)28(7-12-39(84)63-19-33(78)45(90)48(93)36(81)22-75)67-41(86)14-9-31(57(101)102)71-51(95)24-2-4-25(5-3-24)61-16-26-17-65-50-43(66-26)56(100)73-58(59)72-50/h2-5,17,27-37,44-49,61,74-82,89-94H,6-16,18-23H2,1H3,(H,60,96)(H,62,83)(H,63,84)(H,64,85)(H,67,86)(H,68,98)(H,69,99)(H,70,97)(H,71,95)(H,87,88)(H,101,102)(H3,59,65,72,73,100)/t27-,28-,29-,30-,31-,32-,33-,34-,35+,36+,37+,44+,45+,46+,47+,48+,49+/m0/s1. The summed E-state index contributed by atoms with van der Waals surface area (Å²) in [6.07, 6.45) is -30.8. The van der Waals surface area contributed by atoms with Crippen LogP contribution in [0.3, 0.4) is 0 Å². The van der Waals surface area contributed by atoms with Crippen molar-refractivity contribution in [2.75, 3.05) is 57.6 Å². The molecule has 0 aliphatic carbocycles. The molecule has 0 aliphatic rings. The smallest absolute Gasteiger partial charge is 0.326 e. The van der Waals surface area contributed by atoms with Crippen molar-refractivity contribution < 1.29 is 140 Å². The molecule has 0 bridgehead atoms. The summed E-state index contributed by atoms with van der Waals surface area (Å²) in [4.78, 5) is 174. The van der Waals surface area contributed by atoms with Gasteiger partial charge in [-0.3, -0.25) is 57.7 Å². The zero-order valence-electron chi connectivity index (χ0n) is 54.6. The third-order valence-corrected chi connectivity index (χ3v) is 15.3. The van der Waals surface area contributed by atoms with Crippen molar-refractivity contribution >= 4 is 87.9 Å². The molecule has 0 fully saturated rings. The van der Waals surface area contributed by atoms with Crippen LogP contribution in [0.25, 0.3) is 11.2 Å². The van der Waals surface area contributed by atoms with E-state index in [4.69, 9.17) is 21.1 Å². The van der Waals surface area contributed by atoms with Crippen LogP contribution in [-0.4, -0.2) is 322 Å². The second-order valence-electron chi connectivity index (χ2n) is 23.1. The third kappa shape index (κ3) is 28.9. The zero-order valence-corrected chi connectivity index (χ0v) is 54.6. The third-order valence-electron chi connectivity index (χ3n) is 15.3. The predicted octanol–water partition coefficient (Wildman–Crippen LogP) is -13.6. The number of nitrogens with two attached hydrogens (primary N) is 1. The second kappa shape index (κ2) is 43.4. The molecular formula is C58H89N15O29. The first-order valence-electron chi connectivity index (χ1n) is 31.4. The molecule has 3 rings (SSSR count). The molecule has 0 saturated heterocycles. The van der Waals surface area contributed by atoms with E-state index in [1.807, 2.05) is 0 Å². The zero-order chi connectivity index (χ0) is 76.7. The Kier molecular flexibility index (Phi) is 37.0. The number of carboxylic acids is 2. The van der Waals surface area contributed by atoms with E-state index in [2.05, 4.69) is 73.1 Å². The van der Waals surface area contributed by atoms with Gasteiger partial charge in [0.2, 0.25) is 53.2 Å². The molecule has 570 valence electrons. The molecule has 1 aromatic carbocycles. The fourth-order valence-corrected chi connectivity index (χ4v) is 9.16. The Balaban J connectivity index is 1.93. The van der Waals surface area contributed by atoms with Crippen molar-refractivity contribution in [2.24, 2.45) is 0 Å². The monoisotopic (exact) mass is 1460 g/mol. The minimum Gasteiger partial charge on any atom is -0.481 e. The first-order chi connectivity index (χ1) is 48.0. The van der Waals surface area contributed by atoms with Gasteiger partial charge in [0.05, 0.1) is 56.6 Å². The number of aliphatic carboxylic acids is 2. The number of aliphatic hydroxyl groups excluding tert-OH is 15. The highest BCUT2D eigenvalue weighted by atomic mass is 16.4. The van der Waals surface area contributed by atoms with Gasteiger partial charge < -0.3 is 146 Å². The van der Waals surface area contributed by atoms with E-state index < -0.39 is 278 Å². The van der Waals surface area contributed by atoms with Gasteiger partial charge in [0.25, 0.3) is 11.5 Å². The van der Waals surface area contributed by atoms with Gasteiger partial charge in [0.1, 0.15) is 85.1 Å². The molecule has 2 heterocycles. The van der Waals surface area contributed by atoms with E-state index in [0.29, 0.717) is 11.4 Å². The highest BCUT2D eigenvalue weighted by molar-refractivity contribution is 5.98. The van der Waals surface area contributed by atoms with Gasteiger partial charge in [-0.05, 0) is 56.4 Å². The van der Waals surface area contributed by atoms with Gasteiger partial charge in [-0.25, -0.2) is 14.8 Å². The number of anilines is 2. The number of benzene rings is 1. The highest BCUT2D eigenvalue weighted by Crippen LogP contribution is 2.15. The van der Waals surface area contributed by atoms with E-state index >= 15 is 0 Å². The fourth-order valence-electron chi connectivity index (χ4n) is 9.16. The number of amides is 9. The fraction of sp³-hybridized carbons (Fsp3) is 0.603. The first kappa shape index (κ1) is 86.8. The number of fused-ring (bicyclic) bond motifs is 1. The Morgan fingerprint density at radius 3 is 1.24 bits per heavy atom. The number of aromatic nitrogens is 4. The van der Waals surface area contributed by atoms with Crippen LogP contribution >= 0.6 is 0 Å². The van der Waals surface area contributed by atoms with E-state index in [1.54, 1.807) is 0 Å². The van der Waals surface area contributed by atoms with Gasteiger partial charge in [-0.2, -0.15) is 4.98 Å². The van der Waals surface area contributed by atoms with Crippen LogP contribution in [0.5, 0.6) is 0 Å². The number of nitrogens with one attached hydrogen (secondary N) is 11. The van der Waals surface area contributed by atoms with Crippen LogP contribution in [0.1, 0.15) is 80.3 Å². The second-order valence-corrected chi connectivity index (χ2v) is 23.1. The van der Waals surface area contributed by atoms with Crippen molar-refractivity contribution in [3.63, 3.8) is 0 Å². The maximum Gasteiger partial charge on any atom is 0.326 e. The van der Waals surface area contributed by atoms with Crippen LogP contribution in [0.2, 0.25) is 0 Å². The summed E-state index contributed by atoms with van der Waals surface area (Å²) in [5.41, 5.74) is 5.50. The number of hydrogen-bond donors (Lipinski definition) is 29. The molecular weight excluding hydrogens is 1370 g/mol. The van der Waals surface area contributed by atoms with Crippen LogP contribution in [0, 0.1) is 0 Å². The van der Waals surface area contributed by atoms with Crippen molar-refractivity contribution in [2.45, 2.75) is 174 Å². The van der Waals surface area contributed by atoms with Gasteiger partial charge in [-0.15, -0.1) is 0 Å². The Hall–Kier alpha value is -9.39. The normalized spacial score (nSPS) is 16.4. The molecule has 2 aromatic heterocycles. The summed E-state index contributed by atoms with van der Waals surface area (Å²) < 4.78 is 0. The van der Waals surface area contributed by atoms with Crippen molar-refractivity contribution in [1.82, 2.24) is 67.8 Å². The molecule has 0 unspecified atom stereocenters. The molecule has 17 atom stereocenters. The molecule has 0 saturated carbocycles. The van der Waals surface area contributed by atoms with Crippen molar-refractivity contribution in [1.29, 1.82) is 0 Å². The largest absolute Gasteiger partial charge is 0.481 e. The summed E-state index contributed by atoms with van der Waals surface area (Å²) in [6, 6.07) is -4.07. The Labute approximate surface area is 577 Å². The van der Waals surface area contributed by atoms with E-state index in [9.17, 15) is 129 Å². The quantitative estimate of drug-likeness (QED) is 0.0250. The summed E-state index contributed by atoms with van der Waals surface area (Å²) in [7, 11) is 1.10. The van der Waals surface area contributed by atoms with Crippen LogP contribution in [0.15, 0.2) is 35.3 Å². The molecule has 30 N–H and O–H groups in total. The van der Waals surface area contributed by atoms with Crippen molar-refractivity contribution in [3.8, 4) is 0 Å². The number of likely N-dealkylation sites (N-methyl/N-ethyl adjacent to an activating group) is 1.